The molecule has 12 nitrogen and oxygen atoms in total. The fraction of sp³-hybridized carbons (Fsp3) is 0.258. The van der Waals surface area contributed by atoms with E-state index >= 15 is 0 Å². The zero-order valence-electron chi connectivity index (χ0n) is 24.7. The fourth-order valence-corrected chi connectivity index (χ4v) is 6.05. The molecule has 0 saturated carbocycles. The number of amides is 1. The number of anilines is 1. The number of aromatic nitrogens is 2. The van der Waals surface area contributed by atoms with Gasteiger partial charge < -0.3 is 19.9 Å². The SMILES string of the molecule is Cc1c(C(=O)O)nn(-c2cccc(F)c2)c1Oc1ccc(NC(=O)c2ccccc2F)cc1S(=O)(=O)NCCCN1CCOCC1. The van der Waals surface area contributed by atoms with Gasteiger partial charge in [0.1, 0.15) is 22.3 Å². The van der Waals surface area contributed by atoms with E-state index in [4.69, 9.17) is 9.47 Å². The number of hydrogen-bond donors (Lipinski definition) is 3. The number of sulfonamides is 1. The third kappa shape index (κ3) is 7.56. The molecule has 0 aliphatic carbocycles. The van der Waals surface area contributed by atoms with E-state index < -0.39 is 44.1 Å². The van der Waals surface area contributed by atoms with Gasteiger partial charge in [-0.3, -0.25) is 9.69 Å². The first-order chi connectivity index (χ1) is 22.0. The van der Waals surface area contributed by atoms with Crippen LogP contribution in [-0.4, -0.2) is 79.5 Å². The second-order valence-corrected chi connectivity index (χ2v) is 12.1. The van der Waals surface area contributed by atoms with E-state index in [0.29, 0.717) is 26.2 Å². The highest BCUT2D eigenvalue weighted by atomic mass is 32.2. The molecule has 0 radical (unpaired) electrons. The Morgan fingerprint density at radius 1 is 1.04 bits per heavy atom. The predicted octanol–water partition coefficient (Wildman–Crippen LogP) is 4.20. The molecule has 1 fully saturated rings. The molecule has 1 aromatic heterocycles. The number of benzene rings is 3. The zero-order chi connectivity index (χ0) is 32.8. The summed E-state index contributed by atoms with van der Waals surface area (Å²) in [6.45, 7) is 4.82. The lowest BCUT2D eigenvalue weighted by Gasteiger charge is -2.26. The lowest BCUT2D eigenvalue weighted by molar-refractivity contribution is 0.0376. The van der Waals surface area contributed by atoms with Gasteiger partial charge in [-0.05, 0) is 68.4 Å². The highest BCUT2D eigenvalue weighted by Crippen LogP contribution is 2.35. The smallest absolute Gasteiger partial charge is 0.356 e. The van der Waals surface area contributed by atoms with Gasteiger partial charge >= 0.3 is 5.97 Å². The predicted molar refractivity (Wildman–Crippen MR) is 163 cm³/mol. The molecule has 0 atom stereocenters. The van der Waals surface area contributed by atoms with E-state index in [1.54, 1.807) is 0 Å². The number of halogens is 2. The summed E-state index contributed by atoms with van der Waals surface area (Å²) >= 11 is 0. The monoisotopic (exact) mass is 655 g/mol. The van der Waals surface area contributed by atoms with Crippen LogP contribution in [0, 0.1) is 18.6 Å². The van der Waals surface area contributed by atoms with E-state index in [9.17, 15) is 31.9 Å². The molecule has 3 N–H and O–H groups in total. The van der Waals surface area contributed by atoms with Crippen molar-refractivity contribution in [3.8, 4) is 17.3 Å². The summed E-state index contributed by atoms with van der Waals surface area (Å²) in [5.74, 6) is -3.96. The lowest BCUT2D eigenvalue weighted by Crippen LogP contribution is -2.38. The Bertz CT molecular complexity index is 1860. The lowest BCUT2D eigenvalue weighted by atomic mass is 10.2. The summed E-state index contributed by atoms with van der Waals surface area (Å²) in [6.07, 6.45) is 0.493. The first-order valence-electron chi connectivity index (χ1n) is 14.3. The molecule has 4 aromatic rings. The van der Waals surface area contributed by atoms with Gasteiger partial charge in [0, 0.05) is 30.9 Å². The summed E-state index contributed by atoms with van der Waals surface area (Å²) in [5, 5.41) is 16.3. The summed E-state index contributed by atoms with van der Waals surface area (Å²) < 4.78 is 70.7. The maximum Gasteiger partial charge on any atom is 0.356 e. The summed E-state index contributed by atoms with van der Waals surface area (Å²) in [7, 11) is -4.30. The van der Waals surface area contributed by atoms with Gasteiger partial charge in [-0.2, -0.15) is 9.78 Å². The first-order valence-corrected chi connectivity index (χ1v) is 15.8. The molecule has 3 aromatic carbocycles. The molecular weight excluding hydrogens is 624 g/mol. The van der Waals surface area contributed by atoms with Crippen molar-refractivity contribution >= 4 is 27.6 Å². The number of morpholine rings is 1. The second-order valence-electron chi connectivity index (χ2n) is 10.4. The number of rotatable bonds is 12. The topological polar surface area (TPSA) is 152 Å². The van der Waals surface area contributed by atoms with Gasteiger partial charge in [-0.25, -0.2) is 26.7 Å². The maximum absolute atomic E-state index is 14.3. The molecule has 0 spiro atoms. The first kappa shape index (κ1) is 32.7. The quantitative estimate of drug-likeness (QED) is 0.191. The van der Waals surface area contributed by atoms with Crippen LogP contribution < -0.4 is 14.8 Å². The van der Waals surface area contributed by atoms with Crippen LogP contribution in [0.15, 0.2) is 71.6 Å². The Balaban J connectivity index is 1.49. The van der Waals surface area contributed by atoms with Crippen LogP contribution in [0.3, 0.4) is 0 Å². The van der Waals surface area contributed by atoms with Gasteiger partial charge in [0.15, 0.2) is 5.69 Å². The number of nitrogens with zero attached hydrogens (tertiary/aromatic N) is 3. The Morgan fingerprint density at radius 2 is 1.80 bits per heavy atom. The van der Waals surface area contributed by atoms with Crippen LogP contribution in [0.1, 0.15) is 32.8 Å². The number of ether oxygens (including phenoxy) is 2. The van der Waals surface area contributed by atoms with E-state index in [2.05, 4.69) is 20.0 Å². The molecule has 0 bridgehead atoms. The average molecular weight is 656 g/mol. The normalized spacial score (nSPS) is 13.8. The summed E-state index contributed by atoms with van der Waals surface area (Å²) in [4.78, 5) is 26.5. The minimum Gasteiger partial charge on any atom is -0.476 e. The minimum atomic E-state index is -4.30. The molecule has 5 rings (SSSR count). The number of carboxylic acids is 1. The van der Waals surface area contributed by atoms with Crippen LogP contribution in [0.25, 0.3) is 5.69 Å². The van der Waals surface area contributed by atoms with Gasteiger partial charge in [0.25, 0.3) is 5.91 Å². The Kier molecular flexibility index (Phi) is 10.1. The third-order valence-corrected chi connectivity index (χ3v) is 8.67. The number of carboxylic acid groups (broad SMARTS) is 1. The fourth-order valence-electron chi connectivity index (χ4n) is 4.83. The van der Waals surface area contributed by atoms with Crippen molar-refractivity contribution in [2.45, 2.75) is 18.2 Å². The van der Waals surface area contributed by atoms with Gasteiger partial charge in [0.05, 0.1) is 24.5 Å². The molecule has 0 unspecified atom stereocenters. The van der Waals surface area contributed by atoms with Gasteiger partial charge in [-0.1, -0.05) is 18.2 Å². The van der Waals surface area contributed by atoms with E-state index in [0.717, 1.165) is 36.0 Å². The van der Waals surface area contributed by atoms with E-state index in [-0.39, 0.29) is 40.7 Å². The van der Waals surface area contributed by atoms with Crippen molar-refractivity contribution in [3.63, 3.8) is 0 Å². The molecule has 242 valence electrons. The number of carbonyl (C=O) groups excluding carboxylic acids is 1. The van der Waals surface area contributed by atoms with Crippen LogP contribution in [-0.2, 0) is 14.8 Å². The van der Waals surface area contributed by atoms with E-state index in [1.165, 1.54) is 55.5 Å². The molecular formula is C31H31F2N5O7S. The van der Waals surface area contributed by atoms with Gasteiger partial charge in [-0.15, -0.1) is 0 Å². The van der Waals surface area contributed by atoms with Crippen LogP contribution in [0.4, 0.5) is 14.5 Å². The van der Waals surface area contributed by atoms with Crippen molar-refractivity contribution in [2.24, 2.45) is 0 Å². The Morgan fingerprint density at radius 3 is 2.52 bits per heavy atom. The highest BCUT2D eigenvalue weighted by Gasteiger charge is 2.27. The zero-order valence-corrected chi connectivity index (χ0v) is 25.5. The number of hydrogen-bond acceptors (Lipinski definition) is 8. The highest BCUT2D eigenvalue weighted by molar-refractivity contribution is 7.89. The van der Waals surface area contributed by atoms with Gasteiger partial charge in [0.2, 0.25) is 15.9 Å². The average Bonchev–Trinajstić information content (AvgIpc) is 3.36. The van der Waals surface area contributed by atoms with Crippen molar-refractivity contribution in [3.05, 3.63) is 95.2 Å². The number of carbonyl (C=O) groups is 2. The van der Waals surface area contributed by atoms with Crippen LogP contribution in [0.5, 0.6) is 11.6 Å². The molecule has 1 saturated heterocycles. The number of nitrogens with one attached hydrogen (secondary N) is 2. The summed E-state index contributed by atoms with van der Waals surface area (Å²) in [5.41, 5.74) is -0.431. The van der Waals surface area contributed by atoms with Crippen LogP contribution in [0.2, 0.25) is 0 Å². The minimum absolute atomic E-state index is 0.0240. The second kappa shape index (κ2) is 14.2. The maximum atomic E-state index is 14.3. The molecule has 1 aliphatic rings. The molecule has 46 heavy (non-hydrogen) atoms. The Hall–Kier alpha value is -4.70. The molecule has 15 heteroatoms. The standard InChI is InChI=1S/C31H31F2N5O7S/c1-20-28(31(40)41)36-38(23-7-4-6-21(32)18-23)30(20)45-26-11-10-22(35-29(39)24-8-2-3-9-25(24)33)19-27(26)46(42,43)34-12-5-13-37-14-16-44-17-15-37/h2-4,6-11,18-19,34H,5,12-17H2,1H3,(H,35,39)(H,40,41). The van der Waals surface area contributed by atoms with Crippen molar-refractivity contribution in [1.82, 2.24) is 19.4 Å². The van der Waals surface area contributed by atoms with Crippen molar-refractivity contribution < 1.29 is 41.4 Å². The largest absolute Gasteiger partial charge is 0.476 e. The van der Waals surface area contributed by atoms with E-state index in [1.807, 2.05) is 0 Å². The van der Waals surface area contributed by atoms with Crippen molar-refractivity contribution in [1.29, 1.82) is 0 Å². The summed E-state index contributed by atoms with van der Waals surface area (Å²) in [6, 6.07) is 14.3. The Labute approximate surface area is 263 Å². The molecule has 1 aliphatic heterocycles. The van der Waals surface area contributed by atoms with Crippen LogP contribution >= 0.6 is 0 Å². The third-order valence-electron chi connectivity index (χ3n) is 7.19. The molecule has 1 amide bonds. The number of aromatic carboxylic acids is 1. The molecule has 2 heterocycles. The van der Waals surface area contributed by atoms with Crippen molar-refractivity contribution in [2.75, 3.05) is 44.7 Å².